The highest BCUT2D eigenvalue weighted by Crippen LogP contribution is 2.37. The van der Waals surface area contributed by atoms with Gasteiger partial charge >= 0.3 is 0 Å². The Labute approximate surface area is 199 Å². The van der Waals surface area contributed by atoms with Crippen LogP contribution in [0.2, 0.25) is 0 Å². The van der Waals surface area contributed by atoms with Gasteiger partial charge in [-0.25, -0.2) is 0 Å². The molecule has 34 heavy (non-hydrogen) atoms. The van der Waals surface area contributed by atoms with E-state index < -0.39 is 0 Å². The summed E-state index contributed by atoms with van der Waals surface area (Å²) in [5.41, 5.74) is 0.897. The number of carbonyl (C=O) groups excluding carboxylic acids is 2. The number of piperidine rings is 3. The van der Waals surface area contributed by atoms with Crippen LogP contribution in [0.5, 0.6) is 0 Å². The van der Waals surface area contributed by atoms with Crippen LogP contribution in [0.3, 0.4) is 0 Å². The SMILES string of the molecule is O=C1C2CC3C(=O)N(c4n[nH]c(C5CCCCC5)n4)CCC3NC2CCN1Cc1ccccn1. The fourth-order valence-corrected chi connectivity index (χ4v) is 6.43. The maximum atomic E-state index is 13.6. The molecular weight excluding hydrogens is 430 g/mol. The summed E-state index contributed by atoms with van der Waals surface area (Å²) in [5, 5.41) is 11.2. The number of hydrogen-bond acceptors (Lipinski definition) is 6. The molecule has 5 heterocycles. The second-order valence-electron chi connectivity index (χ2n) is 10.3. The van der Waals surface area contributed by atoms with Crippen LogP contribution in [0.4, 0.5) is 5.95 Å². The van der Waals surface area contributed by atoms with Gasteiger partial charge < -0.3 is 10.2 Å². The van der Waals surface area contributed by atoms with Crippen molar-refractivity contribution in [3.05, 3.63) is 35.9 Å². The number of fused-ring (bicyclic) bond motifs is 2. The second-order valence-corrected chi connectivity index (χ2v) is 10.3. The minimum Gasteiger partial charge on any atom is -0.336 e. The lowest BCUT2D eigenvalue weighted by Gasteiger charge is -2.49. The van der Waals surface area contributed by atoms with Crippen molar-refractivity contribution in [1.82, 2.24) is 30.4 Å². The lowest BCUT2D eigenvalue weighted by molar-refractivity contribution is -0.145. The number of aromatic nitrogens is 4. The Balaban J connectivity index is 1.15. The van der Waals surface area contributed by atoms with E-state index in [0.29, 0.717) is 31.4 Å². The predicted molar refractivity (Wildman–Crippen MR) is 126 cm³/mol. The van der Waals surface area contributed by atoms with Gasteiger partial charge in [0.2, 0.25) is 11.8 Å². The third kappa shape index (κ3) is 4.00. The standard InChI is InChI=1S/C25H33N7O2/c33-23-18-14-19-21(27-20(18)9-12-31(23)15-17-8-4-5-11-26-17)10-13-32(24(19)34)25-28-22(29-30-25)16-6-2-1-3-7-16/h4-5,8,11,16,18-21,27H,1-3,6-7,9-10,12-15H2,(H,28,29,30). The van der Waals surface area contributed by atoms with Gasteiger partial charge in [0.05, 0.1) is 24.1 Å². The molecule has 4 unspecified atom stereocenters. The molecule has 2 amide bonds. The van der Waals surface area contributed by atoms with E-state index in [-0.39, 0.29) is 35.7 Å². The summed E-state index contributed by atoms with van der Waals surface area (Å²) >= 11 is 0. The predicted octanol–water partition coefficient (Wildman–Crippen LogP) is 2.38. The minimum atomic E-state index is -0.217. The van der Waals surface area contributed by atoms with Crippen LogP contribution in [0.25, 0.3) is 0 Å². The molecule has 180 valence electrons. The Kier molecular flexibility index (Phi) is 5.80. The summed E-state index contributed by atoms with van der Waals surface area (Å²) in [6.07, 6.45) is 10.1. The van der Waals surface area contributed by atoms with Crippen LogP contribution >= 0.6 is 0 Å². The number of pyridine rings is 1. The van der Waals surface area contributed by atoms with Crippen LogP contribution in [-0.2, 0) is 16.1 Å². The van der Waals surface area contributed by atoms with Gasteiger partial charge in [-0.3, -0.25) is 24.6 Å². The molecule has 4 aliphatic rings. The van der Waals surface area contributed by atoms with Crippen LogP contribution in [0, 0.1) is 11.8 Å². The van der Waals surface area contributed by atoms with Crippen molar-refractivity contribution in [3.8, 4) is 0 Å². The molecule has 2 N–H and O–H groups in total. The smallest absolute Gasteiger partial charge is 0.251 e. The molecule has 0 aromatic carbocycles. The third-order valence-electron chi connectivity index (χ3n) is 8.30. The van der Waals surface area contributed by atoms with Gasteiger partial charge in [-0.1, -0.05) is 25.3 Å². The van der Waals surface area contributed by atoms with E-state index in [9.17, 15) is 9.59 Å². The lowest BCUT2D eigenvalue weighted by Crippen LogP contribution is -2.65. The molecule has 1 saturated carbocycles. The van der Waals surface area contributed by atoms with Crippen molar-refractivity contribution >= 4 is 17.8 Å². The zero-order chi connectivity index (χ0) is 23.1. The van der Waals surface area contributed by atoms with Gasteiger partial charge in [0.1, 0.15) is 5.82 Å². The average Bonchev–Trinajstić information content (AvgIpc) is 3.37. The Bertz CT molecular complexity index is 1030. The minimum absolute atomic E-state index is 0.0473. The second kappa shape index (κ2) is 9.09. The van der Waals surface area contributed by atoms with Crippen molar-refractivity contribution in [2.45, 2.75) is 75.9 Å². The van der Waals surface area contributed by atoms with E-state index in [2.05, 4.69) is 20.5 Å². The first-order valence-electron chi connectivity index (χ1n) is 12.9. The molecule has 3 saturated heterocycles. The highest BCUT2D eigenvalue weighted by Gasteiger charge is 2.49. The largest absolute Gasteiger partial charge is 0.336 e. The summed E-state index contributed by atoms with van der Waals surface area (Å²) in [5.74, 6) is 1.63. The number of rotatable bonds is 4. The topological polar surface area (TPSA) is 107 Å². The van der Waals surface area contributed by atoms with Crippen molar-refractivity contribution < 1.29 is 9.59 Å². The Hall–Kier alpha value is -2.81. The molecule has 2 aromatic heterocycles. The number of anilines is 1. The molecule has 9 heteroatoms. The number of aromatic amines is 1. The fourth-order valence-electron chi connectivity index (χ4n) is 6.43. The molecule has 4 fully saturated rings. The van der Waals surface area contributed by atoms with Gasteiger partial charge in [-0.05, 0) is 44.2 Å². The number of nitrogens with zero attached hydrogens (tertiary/aromatic N) is 5. The summed E-state index contributed by atoms with van der Waals surface area (Å²) in [6, 6.07) is 6.06. The van der Waals surface area contributed by atoms with E-state index >= 15 is 0 Å². The van der Waals surface area contributed by atoms with Gasteiger partial charge in [-0.15, -0.1) is 5.10 Å². The quantitative estimate of drug-likeness (QED) is 0.721. The molecule has 3 aliphatic heterocycles. The summed E-state index contributed by atoms with van der Waals surface area (Å²) in [7, 11) is 0. The van der Waals surface area contributed by atoms with E-state index in [1.165, 1.54) is 19.3 Å². The molecular formula is C25H33N7O2. The fraction of sp³-hybridized carbons (Fsp3) is 0.640. The van der Waals surface area contributed by atoms with E-state index in [4.69, 9.17) is 4.98 Å². The number of amides is 2. The average molecular weight is 464 g/mol. The molecule has 2 aromatic rings. The van der Waals surface area contributed by atoms with E-state index in [0.717, 1.165) is 43.7 Å². The normalized spacial score (nSPS) is 30.2. The summed E-state index contributed by atoms with van der Waals surface area (Å²) < 4.78 is 0. The molecule has 0 spiro atoms. The van der Waals surface area contributed by atoms with Crippen molar-refractivity contribution in [2.75, 3.05) is 18.0 Å². The first-order chi connectivity index (χ1) is 16.7. The number of hydrogen-bond donors (Lipinski definition) is 2. The third-order valence-corrected chi connectivity index (χ3v) is 8.30. The number of carbonyl (C=O) groups is 2. The lowest BCUT2D eigenvalue weighted by atomic mass is 9.73. The zero-order valence-corrected chi connectivity index (χ0v) is 19.5. The van der Waals surface area contributed by atoms with Gasteiger partial charge in [0, 0.05) is 37.3 Å². The van der Waals surface area contributed by atoms with Gasteiger partial charge in [0.15, 0.2) is 0 Å². The highest BCUT2D eigenvalue weighted by molar-refractivity contribution is 5.95. The van der Waals surface area contributed by atoms with Gasteiger partial charge in [0.25, 0.3) is 5.95 Å². The van der Waals surface area contributed by atoms with Crippen molar-refractivity contribution in [2.24, 2.45) is 11.8 Å². The number of H-pyrrole nitrogens is 1. The van der Waals surface area contributed by atoms with Gasteiger partial charge in [-0.2, -0.15) is 4.98 Å². The van der Waals surface area contributed by atoms with Crippen LogP contribution in [0.15, 0.2) is 24.4 Å². The maximum Gasteiger partial charge on any atom is 0.251 e. The molecule has 6 rings (SSSR count). The van der Waals surface area contributed by atoms with Crippen molar-refractivity contribution in [1.29, 1.82) is 0 Å². The van der Waals surface area contributed by atoms with Crippen LogP contribution in [-0.4, -0.2) is 62.1 Å². The monoisotopic (exact) mass is 463 g/mol. The molecule has 1 aliphatic carbocycles. The van der Waals surface area contributed by atoms with E-state index in [1.807, 2.05) is 23.1 Å². The highest BCUT2D eigenvalue weighted by atomic mass is 16.2. The molecule has 0 bridgehead atoms. The first kappa shape index (κ1) is 21.7. The molecule has 4 atom stereocenters. The molecule has 9 nitrogen and oxygen atoms in total. The zero-order valence-electron chi connectivity index (χ0n) is 19.5. The van der Waals surface area contributed by atoms with E-state index in [1.54, 1.807) is 11.1 Å². The Morgan fingerprint density at radius 2 is 1.74 bits per heavy atom. The van der Waals surface area contributed by atoms with Crippen LogP contribution < -0.4 is 10.2 Å². The van der Waals surface area contributed by atoms with Crippen LogP contribution in [0.1, 0.15) is 68.8 Å². The first-order valence-corrected chi connectivity index (χ1v) is 12.9. The number of nitrogens with one attached hydrogen (secondary N) is 2. The summed E-state index contributed by atoms with van der Waals surface area (Å²) in [4.78, 5) is 39.7. The Morgan fingerprint density at radius 1 is 0.941 bits per heavy atom. The Morgan fingerprint density at radius 3 is 2.53 bits per heavy atom. The number of likely N-dealkylation sites (tertiary alicyclic amines) is 1. The molecule has 0 radical (unpaired) electrons. The summed E-state index contributed by atoms with van der Waals surface area (Å²) in [6.45, 7) is 1.87. The maximum absolute atomic E-state index is 13.6. The van der Waals surface area contributed by atoms with Crippen molar-refractivity contribution in [3.63, 3.8) is 0 Å².